The second kappa shape index (κ2) is 5.20. The highest BCUT2D eigenvalue weighted by atomic mass is 16.5. The third-order valence-corrected chi connectivity index (χ3v) is 4.88. The van der Waals surface area contributed by atoms with E-state index in [9.17, 15) is 4.79 Å². The lowest BCUT2D eigenvalue weighted by Crippen LogP contribution is -2.39. The van der Waals surface area contributed by atoms with Crippen LogP contribution in [0.4, 0.5) is 0 Å². The molecule has 2 aliphatic rings. The van der Waals surface area contributed by atoms with Crippen LogP contribution in [0.5, 0.6) is 0 Å². The van der Waals surface area contributed by atoms with Crippen molar-refractivity contribution in [3.63, 3.8) is 0 Å². The van der Waals surface area contributed by atoms with Crippen LogP contribution in [0, 0.1) is 12.3 Å². The fourth-order valence-corrected chi connectivity index (χ4v) is 3.37. The predicted octanol–water partition coefficient (Wildman–Crippen LogP) is 1.69. The molecule has 3 N–H and O–H groups in total. The van der Waals surface area contributed by atoms with Crippen molar-refractivity contribution in [1.82, 2.24) is 10.5 Å². The molecule has 1 atom stereocenters. The molecule has 5 nitrogen and oxygen atoms in total. The standard InChI is InChI=1S/C15H23N3O2/c1-10-8-12(18-20-10)2-3-14(19)17-11-4-6-15(7-5-11)9-13(15)16/h8,11,13H,2-7,9,16H2,1H3,(H,17,19). The molecule has 1 aromatic heterocycles. The molecule has 1 spiro atoms. The van der Waals surface area contributed by atoms with Crippen molar-refractivity contribution in [3.8, 4) is 0 Å². The van der Waals surface area contributed by atoms with Crippen LogP contribution in [-0.2, 0) is 11.2 Å². The van der Waals surface area contributed by atoms with E-state index >= 15 is 0 Å². The molecule has 1 aromatic rings. The number of aryl methyl sites for hydroxylation is 2. The van der Waals surface area contributed by atoms with Gasteiger partial charge in [0.25, 0.3) is 0 Å². The zero-order chi connectivity index (χ0) is 14.2. The van der Waals surface area contributed by atoms with Gasteiger partial charge < -0.3 is 15.6 Å². The van der Waals surface area contributed by atoms with Crippen molar-refractivity contribution in [1.29, 1.82) is 0 Å². The largest absolute Gasteiger partial charge is 0.361 e. The number of nitrogens with zero attached hydrogens (tertiary/aromatic N) is 1. The summed E-state index contributed by atoms with van der Waals surface area (Å²) < 4.78 is 4.99. The van der Waals surface area contributed by atoms with E-state index in [4.69, 9.17) is 10.3 Å². The average Bonchev–Trinajstić information content (AvgIpc) is 2.83. The van der Waals surface area contributed by atoms with Gasteiger partial charge in [0, 0.05) is 31.0 Å². The number of carbonyl (C=O) groups excluding carboxylic acids is 1. The molecule has 3 rings (SSSR count). The summed E-state index contributed by atoms with van der Waals surface area (Å²) in [7, 11) is 0. The number of nitrogens with one attached hydrogen (secondary N) is 1. The third-order valence-electron chi connectivity index (χ3n) is 4.88. The fourth-order valence-electron chi connectivity index (χ4n) is 3.37. The van der Waals surface area contributed by atoms with Gasteiger partial charge in [0.05, 0.1) is 5.69 Å². The maximum absolute atomic E-state index is 11.9. The van der Waals surface area contributed by atoms with Crippen LogP contribution in [0.1, 0.15) is 50.0 Å². The molecule has 5 heteroatoms. The molecular formula is C15H23N3O2. The number of nitrogens with two attached hydrogens (primary N) is 1. The first kappa shape index (κ1) is 13.6. The normalized spacial score (nSPS) is 32.3. The van der Waals surface area contributed by atoms with E-state index in [1.165, 1.54) is 19.3 Å². The molecule has 0 saturated heterocycles. The average molecular weight is 277 g/mol. The minimum atomic E-state index is 0.117. The Morgan fingerprint density at radius 1 is 1.55 bits per heavy atom. The van der Waals surface area contributed by atoms with Crippen LogP contribution >= 0.6 is 0 Å². The van der Waals surface area contributed by atoms with E-state index in [-0.39, 0.29) is 5.91 Å². The van der Waals surface area contributed by atoms with Crippen LogP contribution in [0.2, 0.25) is 0 Å². The van der Waals surface area contributed by atoms with Gasteiger partial charge in [0.1, 0.15) is 5.76 Å². The van der Waals surface area contributed by atoms with Gasteiger partial charge in [0.15, 0.2) is 0 Å². The second-order valence-corrected chi connectivity index (χ2v) is 6.44. The van der Waals surface area contributed by atoms with Gasteiger partial charge in [-0.15, -0.1) is 0 Å². The highest BCUT2D eigenvalue weighted by Gasteiger charge is 2.52. The number of carbonyl (C=O) groups is 1. The van der Waals surface area contributed by atoms with Gasteiger partial charge in [0.2, 0.25) is 5.91 Å². The SMILES string of the molecule is Cc1cc(CCC(=O)NC2CCC3(CC2)CC3N)no1. The monoisotopic (exact) mass is 277 g/mol. The quantitative estimate of drug-likeness (QED) is 0.877. The first-order chi connectivity index (χ1) is 9.57. The summed E-state index contributed by atoms with van der Waals surface area (Å²) in [6, 6.07) is 2.63. The Morgan fingerprint density at radius 3 is 2.80 bits per heavy atom. The summed E-state index contributed by atoms with van der Waals surface area (Å²) in [6.07, 6.45) is 6.78. The Hall–Kier alpha value is -1.36. The number of aromatic nitrogens is 1. The minimum absolute atomic E-state index is 0.117. The molecule has 1 unspecified atom stereocenters. The first-order valence-corrected chi connectivity index (χ1v) is 7.54. The lowest BCUT2D eigenvalue weighted by molar-refractivity contribution is -0.122. The third kappa shape index (κ3) is 2.87. The highest BCUT2D eigenvalue weighted by Crippen LogP contribution is 2.54. The van der Waals surface area contributed by atoms with Crippen molar-refractivity contribution in [2.45, 2.75) is 64.0 Å². The number of rotatable bonds is 4. The van der Waals surface area contributed by atoms with Crippen molar-refractivity contribution < 1.29 is 9.32 Å². The lowest BCUT2D eigenvalue weighted by atomic mass is 9.83. The number of hydrogen-bond acceptors (Lipinski definition) is 4. The molecule has 110 valence electrons. The van der Waals surface area contributed by atoms with Crippen molar-refractivity contribution in [2.24, 2.45) is 11.1 Å². The van der Waals surface area contributed by atoms with Crippen LogP contribution in [-0.4, -0.2) is 23.1 Å². The van der Waals surface area contributed by atoms with Gasteiger partial charge in [-0.05, 0) is 44.4 Å². The van der Waals surface area contributed by atoms with Crippen LogP contribution in [0.25, 0.3) is 0 Å². The van der Waals surface area contributed by atoms with Gasteiger partial charge >= 0.3 is 0 Å². The molecule has 0 aromatic carbocycles. The summed E-state index contributed by atoms with van der Waals surface area (Å²) in [5.74, 6) is 0.908. The van der Waals surface area contributed by atoms with E-state index in [2.05, 4.69) is 10.5 Å². The molecule has 2 fully saturated rings. The fraction of sp³-hybridized carbons (Fsp3) is 0.733. The zero-order valence-electron chi connectivity index (χ0n) is 12.0. The second-order valence-electron chi connectivity index (χ2n) is 6.44. The van der Waals surface area contributed by atoms with Crippen LogP contribution in [0.15, 0.2) is 10.6 Å². The zero-order valence-corrected chi connectivity index (χ0v) is 12.0. The summed E-state index contributed by atoms with van der Waals surface area (Å²) in [5, 5.41) is 7.04. The Bertz CT molecular complexity index is 489. The first-order valence-electron chi connectivity index (χ1n) is 7.54. The topological polar surface area (TPSA) is 81.2 Å². The van der Waals surface area contributed by atoms with Gasteiger partial charge in [-0.1, -0.05) is 5.16 Å². The molecule has 1 amide bonds. The molecular weight excluding hydrogens is 254 g/mol. The summed E-state index contributed by atoms with van der Waals surface area (Å²) >= 11 is 0. The van der Waals surface area contributed by atoms with Crippen LogP contribution < -0.4 is 11.1 Å². The van der Waals surface area contributed by atoms with E-state index in [1.807, 2.05) is 13.0 Å². The smallest absolute Gasteiger partial charge is 0.220 e. The molecule has 0 radical (unpaired) electrons. The van der Waals surface area contributed by atoms with Crippen molar-refractivity contribution >= 4 is 5.91 Å². The highest BCUT2D eigenvalue weighted by molar-refractivity contribution is 5.76. The summed E-state index contributed by atoms with van der Waals surface area (Å²) in [6.45, 7) is 1.86. The molecule has 20 heavy (non-hydrogen) atoms. The Labute approximate surface area is 119 Å². The molecule has 1 heterocycles. The number of amides is 1. The van der Waals surface area contributed by atoms with Gasteiger partial charge in [-0.2, -0.15) is 0 Å². The molecule has 2 saturated carbocycles. The van der Waals surface area contributed by atoms with Crippen LogP contribution in [0.3, 0.4) is 0 Å². The summed E-state index contributed by atoms with van der Waals surface area (Å²) in [5.41, 5.74) is 7.27. The maximum atomic E-state index is 11.9. The Morgan fingerprint density at radius 2 is 2.25 bits per heavy atom. The molecule has 0 aliphatic heterocycles. The molecule has 2 aliphatic carbocycles. The minimum Gasteiger partial charge on any atom is -0.361 e. The van der Waals surface area contributed by atoms with E-state index in [1.54, 1.807) is 0 Å². The molecule has 0 bridgehead atoms. The predicted molar refractivity (Wildman–Crippen MR) is 75.0 cm³/mol. The van der Waals surface area contributed by atoms with Crippen molar-refractivity contribution in [3.05, 3.63) is 17.5 Å². The van der Waals surface area contributed by atoms with Gasteiger partial charge in [-0.25, -0.2) is 0 Å². The van der Waals surface area contributed by atoms with E-state index < -0.39 is 0 Å². The Kier molecular flexibility index (Phi) is 3.54. The number of hydrogen-bond donors (Lipinski definition) is 2. The maximum Gasteiger partial charge on any atom is 0.220 e. The van der Waals surface area contributed by atoms with Gasteiger partial charge in [-0.3, -0.25) is 4.79 Å². The van der Waals surface area contributed by atoms with E-state index in [0.717, 1.165) is 24.3 Å². The summed E-state index contributed by atoms with van der Waals surface area (Å²) in [4.78, 5) is 11.9. The Balaban J connectivity index is 1.39. The van der Waals surface area contributed by atoms with E-state index in [0.29, 0.717) is 30.3 Å². The van der Waals surface area contributed by atoms with Crippen molar-refractivity contribution in [2.75, 3.05) is 0 Å². The lowest BCUT2D eigenvalue weighted by Gasteiger charge is -2.29.